The molecule has 2 unspecified atom stereocenters. The van der Waals surface area contributed by atoms with Gasteiger partial charge in [0, 0.05) is 19.6 Å². The smallest absolute Gasteiger partial charge is 0.242 e. The Hall–Kier alpha value is -2.77. The van der Waals surface area contributed by atoms with Crippen molar-refractivity contribution in [3.05, 3.63) is 71.5 Å². The third-order valence-corrected chi connectivity index (χ3v) is 5.63. The molecular weight excluding hydrogens is 409 g/mol. The Bertz CT molecular complexity index is 872. The summed E-state index contributed by atoms with van der Waals surface area (Å²) in [7, 11) is 0. The molecule has 2 aromatic rings. The minimum Gasteiger partial charge on any atom is -0.379 e. The highest BCUT2D eigenvalue weighted by molar-refractivity contribution is 5.88. The van der Waals surface area contributed by atoms with Gasteiger partial charge in [0.2, 0.25) is 11.8 Å². The maximum atomic E-state index is 13.9. The lowest BCUT2D eigenvalue weighted by molar-refractivity contribution is -0.129. The van der Waals surface area contributed by atoms with E-state index < -0.39 is 6.04 Å². The first-order valence-corrected chi connectivity index (χ1v) is 11.2. The molecule has 1 fully saturated rings. The Morgan fingerprint density at radius 3 is 2.53 bits per heavy atom. The third kappa shape index (κ3) is 7.14. The third-order valence-electron chi connectivity index (χ3n) is 5.63. The summed E-state index contributed by atoms with van der Waals surface area (Å²) < 4.78 is 19.3. The summed E-state index contributed by atoms with van der Waals surface area (Å²) in [6.07, 6.45) is 1.54. The van der Waals surface area contributed by atoms with Crippen LogP contribution in [0.2, 0.25) is 0 Å². The summed E-state index contributed by atoms with van der Waals surface area (Å²) in [5.41, 5.74) is 1.71. The molecule has 1 aliphatic heterocycles. The second-order valence-corrected chi connectivity index (χ2v) is 8.04. The number of rotatable bonds is 10. The number of halogens is 1. The molecule has 2 atom stereocenters. The molecule has 3 rings (SSSR count). The lowest BCUT2D eigenvalue weighted by Crippen LogP contribution is -2.50. The molecule has 0 spiro atoms. The fourth-order valence-electron chi connectivity index (χ4n) is 3.97. The molecule has 2 aromatic carbocycles. The Morgan fingerprint density at radius 2 is 1.84 bits per heavy atom. The summed E-state index contributed by atoms with van der Waals surface area (Å²) in [5, 5.41) is 5.87. The zero-order valence-corrected chi connectivity index (χ0v) is 18.6. The van der Waals surface area contributed by atoms with Crippen LogP contribution < -0.4 is 10.6 Å². The molecule has 0 aromatic heterocycles. The predicted octanol–water partition coefficient (Wildman–Crippen LogP) is 2.84. The second kappa shape index (κ2) is 12.3. The lowest BCUT2D eigenvalue weighted by Gasteiger charge is -2.35. The van der Waals surface area contributed by atoms with Crippen molar-refractivity contribution in [2.75, 3.05) is 32.8 Å². The Labute approximate surface area is 189 Å². The SMILES string of the molecule is CCCC(NC(=O)Cc1ccccc1)C(=O)NCC(c1cccc(F)c1)N1CCOCC1. The van der Waals surface area contributed by atoms with Crippen LogP contribution in [-0.4, -0.2) is 55.6 Å². The van der Waals surface area contributed by atoms with Gasteiger partial charge in [-0.25, -0.2) is 4.39 Å². The van der Waals surface area contributed by atoms with Crippen LogP contribution in [0.15, 0.2) is 54.6 Å². The number of carbonyl (C=O) groups excluding carboxylic acids is 2. The van der Waals surface area contributed by atoms with E-state index >= 15 is 0 Å². The molecule has 0 aliphatic carbocycles. The van der Waals surface area contributed by atoms with Crippen LogP contribution in [0.3, 0.4) is 0 Å². The van der Waals surface area contributed by atoms with E-state index in [0.717, 1.165) is 17.5 Å². The molecule has 172 valence electrons. The highest BCUT2D eigenvalue weighted by atomic mass is 19.1. The van der Waals surface area contributed by atoms with Gasteiger partial charge < -0.3 is 15.4 Å². The molecular formula is C25H32FN3O3. The average molecular weight is 442 g/mol. The normalized spacial score (nSPS) is 16.2. The molecule has 1 aliphatic rings. The monoisotopic (exact) mass is 441 g/mol. The van der Waals surface area contributed by atoms with E-state index in [-0.39, 0.29) is 30.1 Å². The van der Waals surface area contributed by atoms with Crippen molar-refractivity contribution < 1.29 is 18.7 Å². The van der Waals surface area contributed by atoms with E-state index in [4.69, 9.17) is 4.74 Å². The van der Waals surface area contributed by atoms with Gasteiger partial charge in [0.1, 0.15) is 11.9 Å². The fraction of sp³-hybridized carbons (Fsp3) is 0.440. The standard InChI is InChI=1S/C25H32FN3O3/c1-2-7-22(28-24(30)16-19-8-4-3-5-9-19)25(31)27-18-23(29-12-14-32-15-13-29)20-10-6-11-21(26)17-20/h3-6,8-11,17,22-23H,2,7,12-16,18H2,1H3,(H,27,31)(H,28,30). The number of nitrogens with one attached hydrogen (secondary N) is 2. The lowest BCUT2D eigenvalue weighted by atomic mass is 10.0. The van der Waals surface area contributed by atoms with Crippen molar-refractivity contribution in [1.82, 2.24) is 15.5 Å². The maximum absolute atomic E-state index is 13.9. The molecule has 0 bridgehead atoms. The zero-order valence-electron chi connectivity index (χ0n) is 18.6. The zero-order chi connectivity index (χ0) is 22.8. The van der Waals surface area contributed by atoms with Gasteiger partial charge >= 0.3 is 0 Å². The van der Waals surface area contributed by atoms with Crippen molar-refractivity contribution in [1.29, 1.82) is 0 Å². The minimum absolute atomic E-state index is 0.166. The molecule has 0 radical (unpaired) electrons. The van der Waals surface area contributed by atoms with Gasteiger partial charge in [-0.15, -0.1) is 0 Å². The minimum atomic E-state index is -0.603. The molecule has 6 nitrogen and oxygen atoms in total. The number of amides is 2. The largest absolute Gasteiger partial charge is 0.379 e. The highest BCUT2D eigenvalue weighted by Crippen LogP contribution is 2.22. The molecule has 2 amide bonds. The van der Waals surface area contributed by atoms with E-state index in [9.17, 15) is 14.0 Å². The van der Waals surface area contributed by atoms with Crippen molar-refractivity contribution in [2.45, 2.75) is 38.3 Å². The van der Waals surface area contributed by atoms with Crippen LogP contribution in [-0.2, 0) is 20.7 Å². The van der Waals surface area contributed by atoms with Gasteiger partial charge in [-0.3, -0.25) is 14.5 Å². The molecule has 2 N–H and O–H groups in total. The van der Waals surface area contributed by atoms with Gasteiger partial charge in [0.25, 0.3) is 0 Å². The topological polar surface area (TPSA) is 70.7 Å². The number of morpholine rings is 1. The first kappa shape index (κ1) is 23.9. The first-order valence-electron chi connectivity index (χ1n) is 11.2. The molecule has 32 heavy (non-hydrogen) atoms. The van der Waals surface area contributed by atoms with E-state index in [1.807, 2.05) is 43.3 Å². The average Bonchev–Trinajstić information content (AvgIpc) is 2.80. The summed E-state index contributed by atoms with van der Waals surface area (Å²) in [4.78, 5) is 27.7. The van der Waals surface area contributed by atoms with E-state index in [2.05, 4.69) is 15.5 Å². The number of benzene rings is 2. The van der Waals surface area contributed by atoms with Gasteiger partial charge in [0.05, 0.1) is 25.7 Å². The number of carbonyl (C=O) groups is 2. The van der Waals surface area contributed by atoms with Crippen molar-refractivity contribution in [2.24, 2.45) is 0 Å². The van der Waals surface area contributed by atoms with Crippen LogP contribution in [0.5, 0.6) is 0 Å². The van der Waals surface area contributed by atoms with Gasteiger partial charge in [0.15, 0.2) is 0 Å². The van der Waals surface area contributed by atoms with Crippen LogP contribution in [0.25, 0.3) is 0 Å². The first-order chi connectivity index (χ1) is 15.6. The quantitative estimate of drug-likeness (QED) is 0.595. The van der Waals surface area contributed by atoms with Gasteiger partial charge in [-0.05, 0) is 29.7 Å². The van der Waals surface area contributed by atoms with E-state index in [1.165, 1.54) is 12.1 Å². The van der Waals surface area contributed by atoms with Crippen molar-refractivity contribution >= 4 is 11.8 Å². The molecule has 1 heterocycles. The van der Waals surface area contributed by atoms with Crippen LogP contribution in [0, 0.1) is 5.82 Å². The molecule has 0 saturated carbocycles. The predicted molar refractivity (Wildman–Crippen MR) is 122 cm³/mol. The van der Waals surface area contributed by atoms with Crippen LogP contribution >= 0.6 is 0 Å². The summed E-state index contributed by atoms with van der Waals surface area (Å²) in [6, 6.07) is 15.2. The summed E-state index contributed by atoms with van der Waals surface area (Å²) >= 11 is 0. The van der Waals surface area contributed by atoms with Gasteiger partial charge in [-0.2, -0.15) is 0 Å². The van der Waals surface area contributed by atoms with E-state index in [0.29, 0.717) is 39.3 Å². The number of hydrogen-bond donors (Lipinski definition) is 2. The van der Waals surface area contributed by atoms with Crippen molar-refractivity contribution in [3.8, 4) is 0 Å². The van der Waals surface area contributed by atoms with Gasteiger partial charge in [-0.1, -0.05) is 55.8 Å². The highest BCUT2D eigenvalue weighted by Gasteiger charge is 2.26. The maximum Gasteiger partial charge on any atom is 0.242 e. The summed E-state index contributed by atoms with van der Waals surface area (Å²) in [6.45, 7) is 4.94. The van der Waals surface area contributed by atoms with Crippen molar-refractivity contribution in [3.63, 3.8) is 0 Å². The molecule has 7 heteroatoms. The number of hydrogen-bond acceptors (Lipinski definition) is 4. The Balaban J connectivity index is 1.63. The number of ether oxygens (including phenoxy) is 1. The number of nitrogens with zero attached hydrogens (tertiary/aromatic N) is 1. The molecule has 1 saturated heterocycles. The summed E-state index contributed by atoms with van der Waals surface area (Å²) in [5.74, 6) is -0.702. The van der Waals surface area contributed by atoms with Crippen LogP contribution in [0.4, 0.5) is 4.39 Å². The fourth-order valence-corrected chi connectivity index (χ4v) is 3.97. The Morgan fingerprint density at radius 1 is 1.09 bits per heavy atom. The van der Waals surface area contributed by atoms with E-state index in [1.54, 1.807) is 6.07 Å². The van der Waals surface area contributed by atoms with Crippen LogP contribution in [0.1, 0.15) is 36.9 Å². The second-order valence-electron chi connectivity index (χ2n) is 8.04. The Kier molecular flexibility index (Phi) is 9.19.